The number of benzene rings is 1. The number of nitrogens with two attached hydrogens (primary N) is 1. The van der Waals surface area contributed by atoms with Crippen LogP contribution in [0.25, 0.3) is 0 Å². The Hall–Kier alpha value is -0.820. The second kappa shape index (κ2) is 31.6. The number of hydrogen-bond donors (Lipinski definition) is 1. The van der Waals surface area contributed by atoms with Crippen LogP contribution in [-0.4, -0.2) is 6.54 Å². The third-order valence-corrected chi connectivity index (χ3v) is 9.91. The van der Waals surface area contributed by atoms with Crippen LogP contribution in [0.3, 0.4) is 0 Å². The first-order valence-corrected chi connectivity index (χ1v) is 19.6. The van der Waals surface area contributed by atoms with Crippen LogP contribution < -0.4 is 5.73 Å². The number of hydrogen-bond acceptors (Lipinski definition) is 1. The molecule has 0 aliphatic rings. The summed E-state index contributed by atoms with van der Waals surface area (Å²) >= 11 is 0. The summed E-state index contributed by atoms with van der Waals surface area (Å²) in [5, 5.41) is 0. The van der Waals surface area contributed by atoms with Gasteiger partial charge in [-0.1, -0.05) is 224 Å². The molecule has 0 aliphatic heterocycles. The van der Waals surface area contributed by atoms with Crippen LogP contribution in [0, 0.1) is 5.92 Å². The molecular weight excluding hydrogens is 506 g/mol. The first kappa shape index (κ1) is 39.2. The highest BCUT2D eigenvalue weighted by Crippen LogP contribution is 2.32. The van der Waals surface area contributed by atoms with E-state index in [-0.39, 0.29) is 0 Å². The molecule has 0 saturated carbocycles. The minimum Gasteiger partial charge on any atom is -0.330 e. The van der Waals surface area contributed by atoms with Crippen molar-refractivity contribution < 1.29 is 0 Å². The summed E-state index contributed by atoms with van der Waals surface area (Å²) in [7, 11) is 0. The Labute approximate surface area is 266 Å². The summed E-state index contributed by atoms with van der Waals surface area (Å²) in [5.74, 6) is 1.29. The van der Waals surface area contributed by atoms with E-state index in [9.17, 15) is 0 Å². The van der Waals surface area contributed by atoms with E-state index < -0.39 is 0 Å². The molecule has 0 aromatic heterocycles. The summed E-state index contributed by atoms with van der Waals surface area (Å²) in [4.78, 5) is 0. The molecule has 0 aliphatic carbocycles. The maximum Gasteiger partial charge on any atom is -0.000556 e. The molecule has 0 bridgehead atoms. The third-order valence-electron chi connectivity index (χ3n) is 9.91. The van der Waals surface area contributed by atoms with Crippen LogP contribution in [0.15, 0.2) is 30.3 Å². The lowest BCUT2D eigenvalue weighted by Crippen LogP contribution is -2.22. The van der Waals surface area contributed by atoms with Gasteiger partial charge in [0.15, 0.2) is 0 Å². The molecule has 1 unspecified atom stereocenters. The molecule has 1 nitrogen and oxygen atoms in total. The number of rotatable bonds is 33. The molecule has 1 aromatic rings. The normalized spacial score (nSPS) is 12.4. The highest BCUT2D eigenvalue weighted by Gasteiger charge is 2.21. The van der Waals surface area contributed by atoms with Gasteiger partial charge in [-0.25, -0.2) is 0 Å². The maximum absolute atomic E-state index is 6.41. The van der Waals surface area contributed by atoms with Crippen molar-refractivity contribution in [2.45, 2.75) is 212 Å². The van der Waals surface area contributed by atoms with Gasteiger partial charge in [-0.3, -0.25) is 0 Å². The zero-order chi connectivity index (χ0) is 30.2. The minimum atomic E-state index is 0.537. The lowest BCUT2D eigenvalue weighted by atomic mass is 9.79. The topological polar surface area (TPSA) is 26.0 Å². The first-order chi connectivity index (χ1) is 20.8. The van der Waals surface area contributed by atoms with Gasteiger partial charge >= 0.3 is 0 Å². The maximum atomic E-state index is 6.41. The fourth-order valence-corrected chi connectivity index (χ4v) is 7.05. The van der Waals surface area contributed by atoms with Crippen LogP contribution in [0.1, 0.15) is 218 Å². The van der Waals surface area contributed by atoms with Gasteiger partial charge in [-0.2, -0.15) is 0 Å². The van der Waals surface area contributed by atoms with Gasteiger partial charge in [0.25, 0.3) is 0 Å². The van der Waals surface area contributed by atoms with Crippen LogP contribution in [0.5, 0.6) is 0 Å². The van der Waals surface area contributed by atoms with E-state index in [0.717, 1.165) is 12.5 Å². The van der Waals surface area contributed by atoms with E-state index >= 15 is 0 Å². The lowest BCUT2D eigenvalue weighted by Gasteiger charge is -2.27. The molecule has 0 radical (unpaired) electrons. The van der Waals surface area contributed by atoms with Gasteiger partial charge in [-0.05, 0) is 36.8 Å². The average Bonchev–Trinajstić information content (AvgIpc) is 3.01. The van der Waals surface area contributed by atoms with Gasteiger partial charge in [0.2, 0.25) is 0 Å². The van der Waals surface area contributed by atoms with E-state index in [1.54, 1.807) is 0 Å². The standard InChI is InChI=1S/C41H77N/c1-3-5-7-9-11-13-15-17-19-21-23-25-27-30-34-39(41(38-42)40-36-32-29-33-37-40)35-31-28-26-24-22-20-18-16-14-12-10-8-6-4-2/h29,32-33,36-37,39,41H,3-28,30-31,34-35,38,42H2,1-2H3. The summed E-state index contributed by atoms with van der Waals surface area (Å²) in [6.45, 7) is 5.41. The summed E-state index contributed by atoms with van der Waals surface area (Å²) in [6.07, 6.45) is 43.1. The molecule has 0 amide bonds. The Morgan fingerprint density at radius 2 is 0.690 bits per heavy atom. The van der Waals surface area contributed by atoms with Gasteiger partial charge < -0.3 is 5.73 Å². The molecule has 1 aromatic carbocycles. The van der Waals surface area contributed by atoms with E-state index in [1.807, 2.05) is 0 Å². The predicted molar refractivity (Wildman–Crippen MR) is 192 cm³/mol. The largest absolute Gasteiger partial charge is 0.330 e. The first-order valence-electron chi connectivity index (χ1n) is 19.6. The van der Waals surface area contributed by atoms with E-state index in [0.29, 0.717) is 5.92 Å². The minimum absolute atomic E-state index is 0.537. The predicted octanol–water partition coefficient (Wildman–Crippen LogP) is 14.1. The Morgan fingerprint density at radius 3 is 0.976 bits per heavy atom. The fourth-order valence-electron chi connectivity index (χ4n) is 7.05. The fraction of sp³-hybridized carbons (Fsp3) is 0.854. The van der Waals surface area contributed by atoms with E-state index in [2.05, 4.69) is 44.2 Å². The van der Waals surface area contributed by atoms with Gasteiger partial charge in [-0.15, -0.1) is 0 Å². The second-order valence-electron chi connectivity index (χ2n) is 13.8. The Kier molecular flexibility index (Phi) is 29.5. The summed E-state index contributed by atoms with van der Waals surface area (Å²) in [6, 6.07) is 11.2. The van der Waals surface area contributed by atoms with Crippen molar-refractivity contribution >= 4 is 0 Å². The monoisotopic (exact) mass is 584 g/mol. The van der Waals surface area contributed by atoms with Gasteiger partial charge in [0.1, 0.15) is 0 Å². The summed E-state index contributed by atoms with van der Waals surface area (Å²) < 4.78 is 0. The van der Waals surface area contributed by atoms with Crippen molar-refractivity contribution in [3.8, 4) is 0 Å². The van der Waals surface area contributed by atoms with Crippen LogP contribution in [-0.2, 0) is 0 Å². The highest BCUT2D eigenvalue weighted by molar-refractivity contribution is 5.20. The molecule has 0 heterocycles. The van der Waals surface area contributed by atoms with Crippen molar-refractivity contribution in [3.63, 3.8) is 0 Å². The van der Waals surface area contributed by atoms with E-state index in [1.165, 1.54) is 198 Å². The number of unbranched alkanes of at least 4 members (excludes halogenated alkanes) is 26. The summed E-state index contributed by atoms with van der Waals surface area (Å²) in [5.41, 5.74) is 7.88. The zero-order valence-corrected chi connectivity index (χ0v) is 29.0. The van der Waals surface area contributed by atoms with Gasteiger partial charge in [0, 0.05) is 0 Å². The molecular formula is C41H77N. The molecule has 1 heteroatoms. The zero-order valence-electron chi connectivity index (χ0n) is 29.0. The Morgan fingerprint density at radius 1 is 0.405 bits per heavy atom. The van der Waals surface area contributed by atoms with Crippen molar-refractivity contribution in [3.05, 3.63) is 35.9 Å². The molecule has 246 valence electrons. The molecule has 0 spiro atoms. The van der Waals surface area contributed by atoms with Crippen molar-refractivity contribution in [1.29, 1.82) is 0 Å². The SMILES string of the molecule is CCCCCCCCCCCCCCCCC(CCCCCCCCCCCCCCCC)C(CN)c1ccccc1. The van der Waals surface area contributed by atoms with Crippen molar-refractivity contribution in [1.82, 2.24) is 0 Å². The molecule has 0 fully saturated rings. The van der Waals surface area contributed by atoms with Crippen LogP contribution in [0.4, 0.5) is 0 Å². The van der Waals surface area contributed by atoms with Crippen molar-refractivity contribution in [2.24, 2.45) is 11.7 Å². The smallest absolute Gasteiger partial charge is 0.000556 e. The Balaban J connectivity index is 2.16. The average molecular weight is 584 g/mol. The quantitative estimate of drug-likeness (QED) is 0.0818. The van der Waals surface area contributed by atoms with Crippen LogP contribution >= 0.6 is 0 Å². The van der Waals surface area contributed by atoms with E-state index in [4.69, 9.17) is 5.73 Å². The van der Waals surface area contributed by atoms with Crippen LogP contribution in [0.2, 0.25) is 0 Å². The molecule has 1 rings (SSSR count). The molecule has 2 N–H and O–H groups in total. The third kappa shape index (κ3) is 23.6. The molecule has 1 atom stereocenters. The Bertz CT molecular complexity index is 593. The highest BCUT2D eigenvalue weighted by atomic mass is 14.6. The molecule has 0 saturated heterocycles. The van der Waals surface area contributed by atoms with Gasteiger partial charge in [0.05, 0.1) is 0 Å². The lowest BCUT2D eigenvalue weighted by molar-refractivity contribution is 0.344. The second-order valence-corrected chi connectivity index (χ2v) is 13.8. The molecule has 42 heavy (non-hydrogen) atoms. The van der Waals surface area contributed by atoms with Crippen molar-refractivity contribution in [2.75, 3.05) is 6.54 Å².